The van der Waals surface area contributed by atoms with Gasteiger partial charge in [0.25, 0.3) is 5.91 Å². The summed E-state index contributed by atoms with van der Waals surface area (Å²) < 4.78 is 9.69. The van der Waals surface area contributed by atoms with E-state index in [1.54, 1.807) is 0 Å². The Balaban J connectivity index is 1.84. The molecule has 1 fully saturated rings. The van der Waals surface area contributed by atoms with Gasteiger partial charge >= 0.3 is 0 Å². The van der Waals surface area contributed by atoms with Gasteiger partial charge < -0.3 is 15.4 Å². The van der Waals surface area contributed by atoms with Gasteiger partial charge in [-0.1, -0.05) is 17.8 Å². The molecule has 0 unspecified atom stereocenters. The van der Waals surface area contributed by atoms with E-state index in [1.807, 2.05) is 4.90 Å². The highest BCUT2D eigenvalue weighted by molar-refractivity contribution is 7.08. The molecule has 0 aromatic carbocycles. The summed E-state index contributed by atoms with van der Waals surface area (Å²) in [6, 6.07) is 0. The van der Waals surface area contributed by atoms with Crippen molar-refractivity contribution in [3.05, 3.63) is 10.6 Å². The van der Waals surface area contributed by atoms with Crippen molar-refractivity contribution in [2.24, 2.45) is 5.73 Å². The summed E-state index contributed by atoms with van der Waals surface area (Å²) in [6.07, 6.45) is 4.73. The monoisotopic (exact) mass is 312 g/mol. The first kappa shape index (κ1) is 16.3. The Kier molecular flexibility index (Phi) is 6.53. The number of aromatic nitrogens is 2. The normalized spacial score (nSPS) is 16.4. The Morgan fingerprint density at radius 3 is 2.90 bits per heavy atom. The summed E-state index contributed by atoms with van der Waals surface area (Å²) in [6.45, 7) is 4.95. The highest BCUT2D eigenvalue weighted by Crippen LogP contribution is 2.20. The van der Waals surface area contributed by atoms with Crippen molar-refractivity contribution in [2.45, 2.75) is 45.1 Å². The predicted molar refractivity (Wildman–Crippen MR) is 82.5 cm³/mol. The minimum absolute atomic E-state index is 0.0776. The van der Waals surface area contributed by atoms with E-state index in [2.05, 4.69) is 16.5 Å². The molecule has 1 aliphatic rings. The van der Waals surface area contributed by atoms with E-state index in [-0.39, 0.29) is 12.0 Å². The Labute approximate surface area is 129 Å². The van der Waals surface area contributed by atoms with Gasteiger partial charge in [-0.05, 0) is 43.8 Å². The van der Waals surface area contributed by atoms with Crippen LogP contribution in [0, 0.1) is 0 Å². The van der Waals surface area contributed by atoms with Crippen LogP contribution in [0.3, 0.4) is 0 Å². The van der Waals surface area contributed by atoms with Crippen LogP contribution in [-0.4, -0.2) is 52.7 Å². The zero-order valence-electron chi connectivity index (χ0n) is 12.6. The number of hydrogen-bond donors (Lipinski definition) is 1. The average Bonchev–Trinajstić information content (AvgIpc) is 2.96. The number of ether oxygens (including phenoxy) is 1. The number of piperidine rings is 1. The van der Waals surface area contributed by atoms with Crippen molar-refractivity contribution in [3.63, 3.8) is 0 Å². The molecule has 118 valence electrons. The lowest BCUT2D eigenvalue weighted by Gasteiger charge is -2.31. The van der Waals surface area contributed by atoms with Crippen molar-refractivity contribution in [2.75, 3.05) is 26.2 Å². The fourth-order valence-corrected chi connectivity index (χ4v) is 3.15. The summed E-state index contributed by atoms with van der Waals surface area (Å²) in [5.41, 5.74) is 6.30. The molecule has 6 nitrogen and oxygen atoms in total. The van der Waals surface area contributed by atoms with Gasteiger partial charge in [0.15, 0.2) is 0 Å². The van der Waals surface area contributed by atoms with E-state index >= 15 is 0 Å². The third kappa shape index (κ3) is 4.46. The quantitative estimate of drug-likeness (QED) is 0.771. The molecule has 2 rings (SSSR count). The molecule has 0 bridgehead atoms. The average molecular weight is 312 g/mol. The number of rotatable bonds is 7. The van der Waals surface area contributed by atoms with Crippen LogP contribution in [0.25, 0.3) is 0 Å². The van der Waals surface area contributed by atoms with Gasteiger partial charge in [0.2, 0.25) is 0 Å². The second kappa shape index (κ2) is 8.41. The Bertz CT molecular complexity index is 444. The molecule has 0 saturated carbocycles. The fourth-order valence-electron chi connectivity index (χ4n) is 2.47. The standard InChI is InChI=1S/C14H24N4O2S/c1-2-4-12-13(21-17-16-12)14(19)18-8-5-11(6-9-18)20-10-3-7-15/h11H,2-10,15H2,1H3. The molecule has 2 N–H and O–H groups in total. The minimum atomic E-state index is 0.0776. The first-order valence-electron chi connectivity index (χ1n) is 7.68. The number of nitrogens with zero attached hydrogens (tertiary/aromatic N) is 3. The second-order valence-corrected chi connectivity index (χ2v) is 6.06. The molecule has 0 spiro atoms. The molecular weight excluding hydrogens is 288 g/mol. The summed E-state index contributed by atoms with van der Waals surface area (Å²) in [7, 11) is 0. The van der Waals surface area contributed by atoms with Crippen LogP contribution >= 0.6 is 11.5 Å². The van der Waals surface area contributed by atoms with Crippen molar-refractivity contribution < 1.29 is 9.53 Å². The molecule has 0 aliphatic carbocycles. The van der Waals surface area contributed by atoms with Crippen molar-refractivity contribution in [1.29, 1.82) is 0 Å². The molecule has 21 heavy (non-hydrogen) atoms. The number of carbonyl (C=O) groups excluding carboxylic acids is 1. The van der Waals surface area contributed by atoms with Gasteiger partial charge in [-0.2, -0.15) is 0 Å². The minimum Gasteiger partial charge on any atom is -0.378 e. The summed E-state index contributed by atoms with van der Waals surface area (Å²) in [4.78, 5) is 15.1. The first-order chi connectivity index (χ1) is 10.3. The SMILES string of the molecule is CCCc1nnsc1C(=O)N1CCC(OCCCN)CC1. The third-order valence-corrected chi connectivity index (χ3v) is 4.42. The number of amides is 1. The lowest BCUT2D eigenvalue weighted by Crippen LogP contribution is -2.41. The molecule has 1 amide bonds. The number of nitrogens with two attached hydrogens (primary N) is 1. The van der Waals surface area contributed by atoms with E-state index in [4.69, 9.17) is 10.5 Å². The molecule has 7 heteroatoms. The maximum Gasteiger partial charge on any atom is 0.267 e. The highest BCUT2D eigenvalue weighted by Gasteiger charge is 2.26. The zero-order valence-corrected chi connectivity index (χ0v) is 13.4. The summed E-state index contributed by atoms with van der Waals surface area (Å²) >= 11 is 1.21. The fraction of sp³-hybridized carbons (Fsp3) is 0.786. The highest BCUT2D eigenvalue weighted by atomic mass is 32.1. The van der Waals surface area contributed by atoms with E-state index in [1.165, 1.54) is 11.5 Å². The van der Waals surface area contributed by atoms with Crippen molar-refractivity contribution >= 4 is 17.4 Å². The van der Waals surface area contributed by atoms with E-state index in [0.29, 0.717) is 18.0 Å². The van der Waals surface area contributed by atoms with Gasteiger partial charge in [-0.25, -0.2) is 0 Å². The van der Waals surface area contributed by atoms with Crippen molar-refractivity contribution in [1.82, 2.24) is 14.5 Å². The molecule has 0 atom stereocenters. The Morgan fingerprint density at radius 2 is 2.24 bits per heavy atom. The largest absolute Gasteiger partial charge is 0.378 e. The third-order valence-electron chi connectivity index (χ3n) is 3.67. The lowest BCUT2D eigenvalue weighted by molar-refractivity contribution is 0.00855. The lowest BCUT2D eigenvalue weighted by atomic mass is 10.1. The zero-order chi connectivity index (χ0) is 15.1. The maximum absolute atomic E-state index is 12.5. The van der Waals surface area contributed by atoms with Crippen LogP contribution in [-0.2, 0) is 11.2 Å². The van der Waals surface area contributed by atoms with Crippen LogP contribution in [0.4, 0.5) is 0 Å². The Hall–Kier alpha value is -1.05. The van der Waals surface area contributed by atoms with Crippen LogP contribution in [0.1, 0.15) is 48.0 Å². The van der Waals surface area contributed by atoms with Crippen LogP contribution in [0.5, 0.6) is 0 Å². The molecular formula is C14H24N4O2S. The van der Waals surface area contributed by atoms with E-state index in [0.717, 1.165) is 50.9 Å². The van der Waals surface area contributed by atoms with E-state index in [9.17, 15) is 4.79 Å². The van der Waals surface area contributed by atoms with Gasteiger partial charge in [-0.3, -0.25) is 4.79 Å². The summed E-state index contributed by atoms with van der Waals surface area (Å²) in [5.74, 6) is 0.0776. The molecule has 2 heterocycles. The van der Waals surface area contributed by atoms with Crippen LogP contribution in [0.15, 0.2) is 0 Å². The maximum atomic E-state index is 12.5. The van der Waals surface area contributed by atoms with Gasteiger partial charge in [0.1, 0.15) is 4.88 Å². The summed E-state index contributed by atoms with van der Waals surface area (Å²) in [5, 5.41) is 4.07. The number of hydrogen-bond acceptors (Lipinski definition) is 6. The number of likely N-dealkylation sites (tertiary alicyclic amines) is 1. The number of aryl methyl sites for hydroxylation is 1. The second-order valence-electron chi connectivity index (χ2n) is 5.30. The smallest absolute Gasteiger partial charge is 0.267 e. The van der Waals surface area contributed by atoms with Gasteiger partial charge in [0, 0.05) is 19.7 Å². The first-order valence-corrected chi connectivity index (χ1v) is 8.45. The van der Waals surface area contributed by atoms with Crippen LogP contribution in [0.2, 0.25) is 0 Å². The molecule has 1 aliphatic heterocycles. The van der Waals surface area contributed by atoms with Crippen LogP contribution < -0.4 is 5.73 Å². The predicted octanol–water partition coefficient (Wildman–Crippen LogP) is 1.46. The molecule has 1 aromatic heterocycles. The van der Waals surface area contributed by atoms with E-state index < -0.39 is 0 Å². The molecule has 0 radical (unpaired) electrons. The number of carbonyl (C=O) groups is 1. The van der Waals surface area contributed by atoms with Gasteiger partial charge in [-0.15, -0.1) is 5.10 Å². The molecule has 1 saturated heterocycles. The molecule has 1 aromatic rings. The Morgan fingerprint density at radius 1 is 1.48 bits per heavy atom. The van der Waals surface area contributed by atoms with Crippen molar-refractivity contribution in [3.8, 4) is 0 Å². The topological polar surface area (TPSA) is 81.3 Å². The van der Waals surface area contributed by atoms with Gasteiger partial charge in [0.05, 0.1) is 11.8 Å².